The zero-order chi connectivity index (χ0) is 21.0. The highest BCUT2D eigenvalue weighted by Crippen LogP contribution is 2.27. The van der Waals surface area contributed by atoms with E-state index in [0.717, 1.165) is 36.8 Å². The van der Waals surface area contributed by atoms with E-state index in [1.165, 1.54) is 4.31 Å². The van der Waals surface area contributed by atoms with Crippen molar-refractivity contribution < 1.29 is 22.7 Å². The molecule has 1 saturated heterocycles. The molecule has 8 heteroatoms. The minimum absolute atomic E-state index is 0.233. The summed E-state index contributed by atoms with van der Waals surface area (Å²) in [4.78, 5) is 26.1. The predicted octanol–water partition coefficient (Wildman–Crippen LogP) is 2.26. The van der Waals surface area contributed by atoms with E-state index in [4.69, 9.17) is 4.74 Å². The molecule has 0 N–H and O–H groups in total. The lowest BCUT2D eigenvalue weighted by molar-refractivity contribution is -0.153. The summed E-state index contributed by atoms with van der Waals surface area (Å²) >= 11 is 0. The number of nitrogens with zero attached hydrogens (tertiary/aromatic N) is 2. The maximum absolute atomic E-state index is 12.9. The van der Waals surface area contributed by atoms with Gasteiger partial charge in [0, 0.05) is 32.6 Å². The molecule has 1 aromatic rings. The van der Waals surface area contributed by atoms with Crippen molar-refractivity contribution in [3.63, 3.8) is 0 Å². The van der Waals surface area contributed by atoms with Crippen molar-refractivity contribution in [1.82, 2.24) is 9.21 Å². The molecule has 2 aliphatic rings. The number of aryl methyl sites for hydroxylation is 2. The maximum atomic E-state index is 12.9. The second kappa shape index (κ2) is 9.26. The van der Waals surface area contributed by atoms with Gasteiger partial charge < -0.3 is 9.64 Å². The van der Waals surface area contributed by atoms with Crippen molar-refractivity contribution in [3.05, 3.63) is 29.3 Å². The second-order valence-corrected chi connectivity index (χ2v) is 9.98. The van der Waals surface area contributed by atoms with E-state index in [1.807, 2.05) is 19.9 Å². The van der Waals surface area contributed by atoms with Crippen LogP contribution in [0.4, 0.5) is 0 Å². The molecule has 160 valence electrons. The molecule has 0 aromatic heterocycles. The Morgan fingerprint density at radius 3 is 2.31 bits per heavy atom. The van der Waals surface area contributed by atoms with Gasteiger partial charge in [0.1, 0.15) is 0 Å². The van der Waals surface area contributed by atoms with Gasteiger partial charge in [0.05, 0.1) is 4.90 Å². The van der Waals surface area contributed by atoms with E-state index in [2.05, 4.69) is 0 Å². The van der Waals surface area contributed by atoms with Gasteiger partial charge in [0.2, 0.25) is 10.0 Å². The topological polar surface area (TPSA) is 84.0 Å². The Labute approximate surface area is 173 Å². The molecule has 0 spiro atoms. The molecule has 0 radical (unpaired) electrons. The number of ether oxygens (including phenoxy) is 1. The van der Waals surface area contributed by atoms with E-state index < -0.39 is 10.0 Å². The second-order valence-electron chi connectivity index (χ2n) is 8.05. The fourth-order valence-corrected chi connectivity index (χ4v) is 5.45. The summed E-state index contributed by atoms with van der Waals surface area (Å²) in [5, 5.41) is 0. The lowest BCUT2D eigenvalue weighted by Crippen LogP contribution is -2.51. The largest absolute Gasteiger partial charge is 0.456 e. The molecule has 7 nitrogen and oxygen atoms in total. The number of sulfonamides is 1. The van der Waals surface area contributed by atoms with Crippen LogP contribution in [0.15, 0.2) is 23.1 Å². The summed E-state index contributed by atoms with van der Waals surface area (Å²) < 4.78 is 32.3. The zero-order valence-corrected chi connectivity index (χ0v) is 18.0. The van der Waals surface area contributed by atoms with E-state index in [0.29, 0.717) is 25.4 Å². The summed E-state index contributed by atoms with van der Waals surface area (Å²) in [7, 11) is -3.58. The molecule has 2 fully saturated rings. The van der Waals surface area contributed by atoms with Crippen LogP contribution < -0.4 is 0 Å². The summed E-state index contributed by atoms with van der Waals surface area (Å²) in [6.45, 7) is 4.62. The third kappa shape index (κ3) is 5.36. The van der Waals surface area contributed by atoms with Gasteiger partial charge in [-0.1, -0.05) is 18.9 Å². The first kappa shape index (κ1) is 21.8. The number of benzene rings is 1. The molecule has 1 aliphatic carbocycles. The summed E-state index contributed by atoms with van der Waals surface area (Å²) in [5.41, 5.74) is 1.97. The van der Waals surface area contributed by atoms with Crippen LogP contribution >= 0.6 is 0 Å². The van der Waals surface area contributed by atoms with Crippen LogP contribution in [0.25, 0.3) is 0 Å². The highest BCUT2D eigenvalue weighted by atomic mass is 32.2. The van der Waals surface area contributed by atoms with Crippen molar-refractivity contribution >= 4 is 21.9 Å². The highest BCUT2D eigenvalue weighted by molar-refractivity contribution is 7.89. The molecule has 0 atom stereocenters. The van der Waals surface area contributed by atoms with Gasteiger partial charge in [-0.25, -0.2) is 8.42 Å². The molecule has 3 rings (SSSR count). The SMILES string of the molecule is Cc1ccc(S(=O)(=O)N2CCN(C(=O)COC(=O)CC3CCCC3)CC2)cc1C. The Kier molecular flexibility index (Phi) is 6.95. The number of esters is 1. The normalized spacial score (nSPS) is 18.8. The fourth-order valence-electron chi connectivity index (χ4n) is 3.94. The summed E-state index contributed by atoms with van der Waals surface area (Å²) in [5.74, 6) is -0.203. The van der Waals surface area contributed by atoms with Crippen LogP contribution in [0.3, 0.4) is 0 Å². The molecule has 1 heterocycles. The molecular formula is C21H30N2O5S. The summed E-state index contributed by atoms with van der Waals surface area (Å²) in [6.07, 6.45) is 4.81. The number of hydrogen-bond donors (Lipinski definition) is 0. The molecule has 1 saturated carbocycles. The van der Waals surface area contributed by atoms with Crippen molar-refractivity contribution in [2.75, 3.05) is 32.8 Å². The molecule has 1 aliphatic heterocycles. The van der Waals surface area contributed by atoms with Gasteiger partial charge in [0.25, 0.3) is 5.91 Å². The third-order valence-corrected chi connectivity index (χ3v) is 7.89. The average molecular weight is 423 g/mol. The van der Waals surface area contributed by atoms with Crippen LogP contribution in [-0.2, 0) is 24.3 Å². The quantitative estimate of drug-likeness (QED) is 0.657. The number of carbonyl (C=O) groups is 2. The molecule has 1 amide bonds. The third-order valence-electron chi connectivity index (χ3n) is 5.99. The number of piperazine rings is 1. The lowest BCUT2D eigenvalue weighted by atomic mass is 10.0. The van der Waals surface area contributed by atoms with Crippen LogP contribution in [0, 0.1) is 19.8 Å². The molecule has 29 heavy (non-hydrogen) atoms. The van der Waals surface area contributed by atoms with Crippen LogP contribution in [0.5, 0.6) is 0 Å². The van der Waals surface area contributed by atoms with Crippen LogP contribution in [0.2, 0.25) is 0 Å². The van der Waals surface area contributed by atoms with Gasteiger partial charge in [-0.3, -0.25) is 9.59 Å². The first-order valence-electron chi connectivity index (χ1n) is 10.3. The van der Waals surface area contributed by atoms with Crippen molar-refractivity contribution in [2.45, 2.75) is 50.8 Å². The minimum Gasteiger partial charge on any atom is -0.456 e. The Morgan fingerprint density at radius 1 is 1.03 bits per heavy atom. The monoisotopic (exact) mass is 422 g/mol. The van der Waals surface area contributed by atoms with Gasteiger partial charge in [0.15, 0.2) is 6.61 Å². The summed E-state index contributed by atoms with van der Waals surface area (Å²) in [6, 6.07) is 5.12. The molecular weight excluding hydrogens is 392 g/mol. The Hall–Kier alpha value is -1.93. The fraction of sp³-hybridized carbons (Fsp3) is 0.619. The number of rotatable bonds is 6. The smallest absolute Gasteiger partial charge is 0.306 e. The van der Waals surface area contributed by atoms with Gasteiger partial charge in [-0.2, -0.15) is 4.31 Å². The highest BCUT2D eigenvalue weighted by Gasteiger charge is 2.30. The van der Waals surface area contributed by atoms with Crippen LogP contribution in [-0.4, -0.2) is 62.3 Å². The van der Waals surface area contributed by atoms with E-state index in [1.54, 1.807) is 17.0 Å². The first-order valence-corrected chi connectivity index (χ1v) is 11.7. The Morgan fingerprint density at radius 2 is 1.69 bits per heavy atom. The molecule has 0 unspecified atom stereocenters. The van der Waals surface area contributed by atoms with E-state index in [-0.39, 0.29) is 36.5 Å². The predicted molar refractivity (Wildman–Crippen MR) is 109 cm³/mol. The standard InChI is InChI=1S/C21H30N2O5S/c1-16-7-8-19(13-17(16)2)29(26,27)23-11-9-22(10-12-23)20(24)15-28-21(25)14-18-5-3-4-6-18/h7-8,13,18H,3-6,9-12,14-15H2,1-2H3. The Balaban J connectivity index is 1.48. The van der Waals surface area contributed by atoms with Crippen molar-refractivity contribution in [3.8, 4) is 0 Å². The molecule has 1 aromatic carbocycles. The number of carbonyl (C=O) groups excluding carboxylic acids is 2. The van der Waals surface area contributed by atoms with E-state index >= 15 is 0 Å². The average Bonchev–Trinajstić information content (AvgIpc) is 3.21. The first-order chi connectivity index (χ1) is 13.8. The van der Waals surface area contributed by atoms with Crippen molar-refractivity contribution in [1.29, 1.82) is 0 Å². The number of hydrogen-bond acceptors (Lipinski definition) is 5. The molecule has 0 bridgehead atoms. The minimum atomic E-state index is -3.58. The van der Waals surface area contributed by atoms with Gasteiger partial charge >= 0.3 is 5.97 Å². The van der Waals surface area contributed by atoms with Gasteiger partial charge in [-0.15, -0.1) is 0 Å². The Bertz CT molecular complexity index is 854. The van der Waals surface area contributed by atoms with Gasteiger partial charge in [-0.05, 0) is 55.9 Å². The zero-order valence-electron chi connectivity index (χ0n) is 17.2. The van der Waals surface area contributed by atoms with Crippen molar-refractivity contribution in [2.24, 2.45) is 5.92 Å². The maximum Gasteiger partial charge on any atom is 0.306 e. The van der Waals surface area contributed by atoms with Crippen LogP contribution in [0.1, 0.15) is 43.2 Å². The number of amides is 1. The lowest BCUT2D eigenvalue weighted by Gasteiger charge is -2.34. The van der Waals surface area contributed by atoms with E-state index in [9.17, 15) is 18.0 Å².